The second kappa shape index (κ2) is 4.73. The van der Waals surface area contributed by atoms with E-state index in [0.717, 1.165) is 12.1 Å². The number of aldehydes is 1. The predicted octanol–water partition coefficient (Wildman–Crippen LogP) is 3.83. The smallest absolute Gasteiger partial charge is 0.306 e. The van der Waals surface area contributed by atoms with Crippen LogP contribution in [0, 0.1) is 0 Å². The van der Waals surface area contributed by atoms with Crippen molar-refractivity contribution < 1.29 is 18.0 Å². The molecule has 0 bridgehead atoms. The zero-order chi connectivity index (χ0) is 15.0. The van der Waals surface area contributed by atoms with E-state index in [1.807, 2.05) is 0 Å². The summed E-state index contributed by atoms with van der Waals surface area (Å²) in [5, 5.41) is 0. The Morgan fingerprint density at radius 2 is 1.81 bits per heavy atom. The summed E-state index contributed by atoms with van der Waals surface area (Å²) in [6.45, 7) is 0. The van der Waals surface area contributed by atoms with Crippen molar-refractivity contribution in [3.05, 3.63) is 59.9 Å². The number of alkyl halides is 3. The quantitative estimate of drug-likeness (QED) is 0.672. The molecule has 0 unspecified atom stereocenters. The molecule has 3 nitrogen and oxygen atoms in total. The van der Waals surface area contributed by atoms with Crippen LogP contribution >= 0.6 is 0 Å². The van der Waals surface area contributed by atoms with Gasteiger partial charge < -0.3 is 4.40 Å². The Morgan fingerprint density at radius 3 is 2.43 bits per heavy atom. The summed E-state index contributed by atoms with van der Waals surface area (Å²) in [4.78, 5) is 15.2. The summed E-state index contributed by atoms with van der Waals surface area (Å²) in [7, 11) is 0. The first-order valence-corrected chi connectivity index (χ1v) is 6.09. The summed E-state index contributed by atoms with van der Waals surface area (Å²) >= 11 is 0. The first-order chi connectivity index (χ1) is 9.99. The molecule has 3 aromatic rings. The van der Waals surface area contributed by atoms with E-state index in [-0.39, 0.29) is 0 Å². The summed E-state index contributed by atoms with van der Waals surface area (Å²) in [6.07, 6.45) is -0.269. The molecule has 6 heteroatoms. The molecule has 0 saturated heterocycles. The summed E-state index contributed by atoms with van der Waals surface area (Å²) in [5.41, 5.74) is 1.27. The highest BCUT2D eigenvalue weighted by Gasteiger charge is 2.30. The van der Waals surface area contributed by atoms with Gasteiger partial charge in [-0.1, -0.05) is 12.1 Å². The molecule has 0 fully saturated rings. The van der Waals surface area contributed by atoms with Gasteiger partial charge in [0.2, 0.25) is 0 Å². The number of carbonyl (C=O) groups is 1. The van der Waals surface area contributed by atoms with E-state index >= 15 is 0 Å². The summed E-state index contributed by atoms with van der Waals surface area (Å²) < 4.78 is 39.3. The molecule has 0 aliphatic rings. The van der Waals surface area contributed by atoms with Gasteiger partial charge in [0.05, 0.1) is 16.8 Å². The maximum atomic E-state index is 12.5. The van der Waals surface area contributed by atoms with Gasteiger partial charge in [0.25, 0.3) is 0 Å². The number of imidazole rings is 1. The highest BCUT2D eigenvalue weighted by atomic mass is 19.4. The van der Waals surface area contributed by atoms with Crippen molar-refractivity contribution in [2.24, 2.45) is 0 Å². The van der Waals surface area contributed by atoms with Crippen LogP contribution in [0.3, 0.4) is 0 Å². The van der Waals surface area contributed by atoms with Crippen molar-refractivity contribution >= 4 is 11.9 Å². The molecule has 0 N–H and O–H groups in total. The minimum absolute atomic E-state index is 0.427. The van der Waals surface area contributed by atoms with Crippen molar-refractivity contribution in [3.63, 3.8) is 0 Å². The topological polar surface area (TPSA) is 34.4 Å². The molecule has 2 heterocycles. The van der Waals surface area contributed by atoms with Crippen LogP contribution in [-0.4, -0.2) is 15.7 Å². The van der Waals surface area contributed by atoms with E-state index in [4.69, 9.17) is 0 Å². The molecule has 2 aromatic heterocycles. The van der Waals surface area contributed by atoms with Crippen LogP contribution < -0.4 is 0 Å². The van der Waals surface area contributed by atoms with Crippen molar-refractivity contribution in [1.82, 2.24) is 9.38 Å². The Labute approximate surface area is 117 Å². The largest absolute Gasteiger partial charge is 0.416 e. The lowest BCUT2D eigenvalue weighted by Crippen LogP contribution is -2.03. The Hall–Kier alpha value is -2.63. The van der Waals surface area contributed by atoms with E-state index in [0.29, 0.717) is 28.8 Å². The van der Waals surface area contributed by atoms with E-state index in [9.17, 15) is 18.0 Å². The lowest BCUT2D eigenvalue weighted by atomic mass is 10.1. The highest BCUT2D eigenvalue weighted by molar-refractivity contribution is 5.85. The Bertz CT molecular complexity index is 804. The molecule has 1 aromatic carbocycles. The van der Waals surface area contributed by atoms with Crippen LogP contribution in [0.5, 0.6) is 0 Å². The van der Waals surface area contributed by atoms with Crippen LogP contribution in [-0.2, 0) is 6.18 Å². The number of hydrogen-bond donors (Lipinski definition) is 0. The molecule has 0 radical (unpaired) electrons. The molecular weight excluding hydrogens is 281 g/mol. The van der Waals surface area contributed by atoms with Gasteiger partial charge in [-0.05, 0) is 24.3 Å². The predicted molar refractivity (Wildman–Crippen MR) is 71.0 cm³/mol. The normalized spacial score (nSPS) is 11.8. The van der Waals surface area contributed by atoms with Crippen molar-refractivity contribution in [1.29, 1.82) is 0 Å². The third-order valence-corrected chi connectivity index (χ3v) is 3.15. The molecule has 21 heavy (non-hydrogen) atoms. The van der Waals surface area contributed by atoms with Gasteiger partial charge in [0.1, 0.15) is 5.65 Å². The number of aromatic nitrogens is 2. The fraction of sp³-hybridized carbons (Fsp3) is 0.0667. The number of nitrogens with zero attached hydrogens (tertiary/aromatic N) is 2. The van der Waals surface area contributed by atoms with Crippen LogP contribution in [0.2, 0.25) is 0 Å². The van der Waals surface area contributed by atoms with E-state index in [1.165, 1.54) is 12.1 Å². The second-order valence-corrected chi connectivity index (χ2v) is 4.51. The van der Waals surface area contributed by atoms with Gasteiger partial charge in [0, 0.05) is 18.0 Å². The standard InChI is InChI=1S/C15H9F3N2O/c16-15(17,18)12-5-3-10(4-6-12)13-8-20-7-1-2-11(9-21)14(20)19-13/h1-9H. The van der Waals surface area contributed by atoms with Crippen molar-refractivity contribution in [3.8, 4) is 11.3 Å². The summed E-state index contributed by atoms with van der Waals surface area (Å²) in [5.74, 6) is 0. The average Bonchev–Trinajstić information content (AvgIpc) is 2.90. The number of halogens is 3. The van der Waals surface area contributed by atoms with Gasteiger partial charge in [-0.15, -0.1) is 0 Å². The maximum absolute atomic E-state index is 12.5. The molecular formula is C15H9F3N2O. The lowest BCUT2D eigenvalue weighted by Gasteiger charge is -2.06. The van der Waals surface area contributed by atoms with Crippen LogP contribution in [0.1, 0.15) is 15.9 Å². The lowest BCUT2D eigenvalue weighted by molar-refractivity contribution is -0.137. The number of fused-ring (bicyclic) bond motifs is 1. The van der Waals surface area contributed by atoms with Crippen LogP contribution in [0.15, 0.2) is 48.8 Å². The molecule has 0 saturated carbocycles. The highest BCUT2D eigenvalue weighted by Crippen LogP contribution is 2.30. The maximum Gasteiger partial charge on any atom is 0.416 e. The van der Waals surface area contributed by atoms with E-state index < -0.39 is 11.7 Å². The Morgan fingerprint density at radius 1 is 1.10 bits per heavy atom. The molecule has 106 valence electrons. The molecule has 0 aliphatic carbocycles. The van der Waals surface area contributed by atoms with Crippen LogP contribution in [0.4, 0.5) is 13.2 Å². The summed E-state index contributed by atoms with van der Waals surface area (Å²) in [6, 6.07) is 8.09. The molecule has 0 aliphatic heterocycles. The van der Waals surface area contributed by atoms with Crippen molar-refractivity contribution in [2.45, 2.75) is 6.18 Å². The number of rotatable bonds is 2. The zero-order valence-electron chi connectivity index (χ0n) is 10.6. The number of pyridine rings is 1. The third-order valence-electron chi connectivity index (χ3n) is 3.15. The fourth-order valence-corrected chi connectivity index (χ4v) is 2.10. The van der Waals surface area contributed by atoms with Gasteiger partial charge in [-0.25, -0.2) is 4.98 Å². The molecule has 3 rings (SSSR count). The fourth-order valence-electron chi connectivity index (χ4n) is 2.10. The molecule has 0 spiro atoms. The van der Waals surface area contributed by atoms with Gasteiger partial charge in [0.15, 0.2) is 6.29 Å². The second-order valence-electron chi connectivity index (χ2n) is 4.51. The van der Waals surface area contributed by atoms with Gasteiger partial charge in [-0.3, -0.25) is 4.79 Å². The molecule has 0 atom stereocenters. The first kappa shape index (κ1) is 13.4. The van der Waals surface area contributed by atoms with Gasteiger partial charge >= 0.3 is 6.18 Å². The average molecular weight is 290 g/mol. The van der Waals surface area contributed by atoms with Gasteiger partial charge in [-0.2, -0.15) is 13.2 Å². The van der Waals surface area contributed by atoms with E-state index in [1.54, 1.807) is 28.9 Å². The zero-order valence-corrected chi connectivity index (χ0v) is 10.6. The number of benzene rings is 1. The first-order valence-electron chi connectivity index (χ1n) is 6.09. The number of hydrogen-bond acceptors (Lipinski definition) is 2. The van der Waals surface area contributed by atoms with Crippen LogP contribution in [0.25, 0.3) is 16.9 Å². The number of carbonyl (C=O) groups excluding carboxylic acids is 1. The molecule has 0 amide bonds. The monoisotopic (exact) mass is 290 g/mol. The minimum Gasteiger partial charge on any atom is -0.306 e. The Balaban J connectivity index is 2.06. The Kier molecular flexibility index (Phi) is 3.01. The SMILES string of the molecule is O=Cc1cccn2cc(-c3ccc(C(F)(F)F)cc3)nc12. The van der Waals surface area contributed by atoms with Crippen molar-refractivity contribution in [2.75, 3.05) is 0 Å². The minimum atomic E-state index is -4.36. The van der Waals surface area contributed by atoms with E-state index in [2.05, 4.69) is 4.98 Å². The third kappa shape index (κ3) is 2.40.